The molecule has 2 bridgehead atoms. The first-order valence-corrected chi connectivity index (χ1v) is 11.9. The van der Waals surface area contributed by atoms with Crippen molar-refractivity contribution in [2.75, 3.05) is 37.9 Å². The fourth-order valence-corrected chi connectivity index (χ4v) is 5.24. The molecular formula is C26H27FN6O3. The van der Waals surface area contributed by atoms with E-state index in [1.807, 2.05) is 17.0 Å². The van der Waals surface area contributed by atoms with Gasteiger partial charge in [0, 0.05) is 37.0 Å². The minimum absolute atomic E-state index is 0.0302. The molecule has 2 fully saturated rings. The number of aryl methyl sites for hydroxylation is 1. The van der Waals surface area contributed by atoms with Crippen LogP contribution < -0.4 is 20.1 Å². The average Bonchev–Trinajstić information content (AvgIpc) is 3.16. The van der Waals surface area contributed by atoms with E-state index in [0.29, 0.717) is 42.8 Å². The molecule has 3 aromatic rings. The van der Waals surface area contributed by atoms with Crippen molar-refractivity contribution in [3.8, 4) is 17.6 Å². The molecule has 0 saturated carbocycles. The number of benzene rings is 2. The summed E-state index contributed by atoms with van der Waals surface area (Å²) in [5.74, 6) is 0.163. The van der Waals surface area contributed by atoms with E-state index in [4.69, 9.17) is 20.5 Å². The van der Waals surface area contributed by atoms with Gasteiger partial charge < -0.3 is 25.0 Å². The number of aromatic nitrogens is 2. The van der Waals surface area contributed by atoms with E-state index in [-0.39, 0.29) is 40.8 Å². The van der Waals surface area contributed by atoms with Gasteiger partial charge in [0.15, 0.2) is 17.3 Å². The molecule has 2 unspecified atom stereocenters. The van der Waals surface area contributed by atoms with E-state index in [9.17, 15) is 4.79 Å². The van der Waals surface area contributed by atoms with Crippen molar-refractivity contribution in [1.29, 1.82) is 5.26 Å². The Morgan fingerprint density at radius 1 is 1.17 bits per heavy atom. The SMILES string of the molecule is COc1cc2c(N)nc(N3C4CCC3CN(C(=O)CCc3ccc(C#N)cc3)C4)nc2c(F)c1OC. The zero-order chi connectivity index (χ0) is 25.4. The van der Waals surface area contributed by atoms with Gasteiger partial charge in [0.25, 0.3) is 0 Å². The van der Waals surface area contributed by atoms with Crippen LogP contribution in [0.15, 0.2) is 30.3 Å². The lowest BCUT2D eigenvalue weighted by Gasteiger charge is -2.41. The molecule has 2 aliphatic rings. The van der Waals surface area contributed by atoms with E-state index in [1.165, 1.54) is 14.2 Å². The van der Waals surface area contributed by atoms with Crippen molar-refractivity contribution < 1.29 is 18.7 Å². The summed E-state index contributed by atoms with van der Waals surface area (Å²) >= 11 is 0. The summed E-state index contributed by atoms with van der Waals surface area (Å²) in [6.45, 7) is 1.11. The Kier molecular flexibility index (Phi) is 6.22. The standard InChI is InChI=1S/C26H27FN6O3/c1-35-20-11-19-23(22(27)24(20)36-2)30-26(31-25(19)29)33-17-8-9-18(33)14-32(13-17)21(34)10-7-15-3-5-16(12-28)6-4-15/h3-6,11,17-18H,7-10,13-14H2,1-2H3,(H2,29,30,31). The molecule has 2 N–H and O–H groups in total. The second-order valence-corrected chi connectivity index (χ2v) is 9.13. The number of fused-ring (bicyclic) bond motifs is 3. The Bertz CT molecular complexity index is 1340. The highest BCUT2D eigenvalue weighted by Gasteiger charge is 2.43. The molecule has 0 spiro atoms. The van der Waals surface area contributed by atoms with E-state index >= 15 is 4.39 Å². The summed E-state index contributed by atoms with van der Waals surface area (Å²) in [6.07, 6.45) is 2.80. The molecule has 1 amide bonds. The van der Waals surface area contributed by atoms with Gasteiger partial charge in [-0.3, -0.25) is 4.79 Å². The normalized spacial score (nSPS) is 18.8. The second kappa shape index (κ2) is 9.49. The summed E-state index contributed by atoms with van der Waals surface area (Å²) in [6, 6.07) is 11.0. The lowest BCUT2D eigenvalue weighted by molar-refractivity contribution is -0.132. The van der Waals surface area contributed by atoms with E-state index < -0.39 is 5.82 Å². The predicted molar refractivity (Wildman–Crippen MR) is 132 cm³/mol. The number of anilines is 2. The van der Waals surface area contributed by atoms with Gasteiger partial charge in [0.05, 0.1) is 25.9 Å². The van der Waals surface area contributed by atoms with Gasteiger partial charge in [-0.2, -0.15) is 10.2 Å². The number of ether oxygens (including phenoxy) is 2. The van der Waals surface area contributed by atoms with Crippen LogP contribution in [0.4, 0.5) is 16.2 Å². The number of hydrogen-bond donors (Lipinski definition) is 1. The van der Waals surface area contributed by atoms with Crippen molar-refractivity contribution in [3.05, 3.63) is 47.3 Å². The fourth-order valence-electron chi connectivity index (χ4n) is 5.24. The van der Waals surface area contributed by atoms with Crippen molar-refractivity contribution >= 4 is 28.6 Å². The minimum Gasteiger partial charge on any atom is -0.493 e. The van der Waals surface area contributed by atoms with Gasteiger partial charge in [-0.15, -0.1) is 0 Å². The van der Waals surface area contributed by atoms with Crippen LogP contribution in [0.1, 0.15) is 30.4 Å². The van der Waals surface area contributed by atoms with Crippen LogP contribution >= 0.6 is 0 Å². The summed E-state index contributed by atoms with van der Waals surface area (Å²) in [4.78, 5) is 26.0. The van der Waals surface area contributed by atoms with Crippen LogP contribution in [0.2, 0.25) is 0 Å². The third-order valence-corrected chi connectivity index (χ3v) is 7.07. The number of nitriles is 1. The predicted octanol–water partition coefficient (Wildman–Crippen LogP) is 3.05. The number of nitrogen functional groups attached to an aromatic ring is 1. The van der Waals surface area contributed by atoms with Crippen LogP contribution in [0, 0.1) is 17.1 Å². The quantitative estimate of drug-likeness (QED) is 0.560. The first-order valence-electron chi connectivity index (χ1n) is 11.9. The van der Waals surface area contributed by atoms with Crippen LogP contribution in [-0.2, 0) is 11.2 Å². The molecule has 2 aromatic carbocycles. The Morgan fingerprint density at radius 2 is 1.86 bits per heavy atom. The molecule has 1 aromatic heterocycles. The van der Waals surface area contributed by atoms with Crippen molar-refractivity contribution in [2.24, 2.45) is 0 Å². The number of halogens is 1. The Labute approximate surface area is 208 Å². The zero-order valence-corrected chi connectivity index (χ0v) is 20.2. The molecule has 2 saturated heterocycles. The second-order valence-electron chi connectivity index (χ2n) is 9.13. The molecule has 2 aliphatic heterocycles. The number of carbonyl (C=O) groups is 1. The number of piperazine rings is 1. The Morgan fingerprint density at radius 3 is 2.47 bits per heavy atom. The van der Waals surface area contributed by atoms with Crippen molar-refractivity contribution in [1.82, 2.24) is 14.9 Å². The monoisotopic (exact) mass is 490 g/mol. The number of methoxy groups -OCH3 is 2. The van der Waals surface area contributed by atoms with Gasteiger partial charge in [-0.1, -0.05) is 12.1 Å². The number of nitrogens with zero attached hydrogens (tertiary/aromatic N) is 5. The highest BCUT2D eigenvalue weighted by atomic mass is 19.1. The maximum atomic E-state index is 15.3. The van der Waals surface area contributed by atoms with Crippen molar-refractivity contribution in [3.63, 3.8) is 0 Å². The largest absolute Gasteiger partial charge is 0.493 e. The zero-order valence-electron chi connectivity index (χ0n) is 20.2. The van der Waals surface area contributed by atoms with Gasteiger partial charge in [0.2, 0.25) is 11.9 Å². The van der Waals surface area contributed by atoms with Crippen LogP contribution in [0.25, 0.3) is 10.9 Å². The highest BCUT2D eigenvalue weighted by Crippen LogP contribution is 2.39. The molecule has 9 nitrogen and oxygen atoms in total. The topological polar surface area (TPSA) is 118 Å². The average molecular weight is 491 g/mol. The maximum absolute atomic E-state index is 15.3. The Balaban J connectivity index is 1.34. The number of carbonyl (C=O) groups excluding carboxylic acids is 1. The van der Waals surface area contributed by atoms with E-state index in [2.05, 4.69) is 20.9 Å². The van der Waals surface area contributed by atoms with Gasteiger partial charge in [-0.05, 0) is 43.0 Å². The Hall–Kier alpha value is -4.13. The minimum atomic E-state index is -0.647. The number of amides is 1. The van der Waals surface area contributed by atoms with Crippen LogP contribution in [-0.4, -0.2) is 60.2 Å². The number of likely N-dealkylation sites (tertiary alicyclic amines) is 1. The lowest BCUT2D eigenvalue weighted by atomic mass is 10.1. The van der Waals surface area contributed by atoms with Crippen LogP contribution in [0.5, 0.6) is 11.5 Å². The number of hydrogen-bond acceptors (Lipinski definition) is 8. The van der Waals surface area contributed by atoms with Crippen LogP contribution in [0.3, 0.4) is 0 Å². The third-order valence-electron chi connectivity index (χ3n) is 7.07. The van der Waals surface area contributed by atoms with Gasteiger partial charge >= 0.3 is 0 Å². The number of nitrogens with two attached hydrogens (primary N) is 1. The van der Waals surface area contributed by atoms with E-state index in [0.717, 1.165) is 18.4 Å². The summed E-state index contributed by atoms with van der Waals surface area (Å²) in [7, 11) is 2.80. The molecule has 186 valence electrons. The van der Waals surface area contributed by atoms with E-state index in [1.54, 1.807) is 18.2 Å². The molecule has 36 heavy (non-hydrogen) atoms. The maximum Gasteiger partial charge on any atom is 0.228 e. The number of rotatable bonds is 6. The summed E-state index contributed by atoms with van der Waals surface area (Å²) in [5.41, 5.74) is 7.93. The summed E-state index contributed by atoms with van der Waals surface area (Å²) in [5, 5.41) is 9.30. The smallest absolute Gasteiger partial charge is 0.228 e. The molecule has 0 aliphatic carbocycles. The molecular weight excluding hydrogens is 463 g/mol. The molecule has 10 heteroatoms. The highest BCUT2D eigenvalue weighted by molar-refractivity contribution is 5.92. The van der Waals surface area contributed by atoms with Gasteiger partial charge in [0.1, 0.15) is 11.3 Å². The molecule has 2 atom stereocenters. The van der Waals surface area contributed by atoms with Crippen molar-refractivity contribution in [2.45, 2.75) is 37.8 Å². The fraction of sp³-hybridized carbons (Fsp3) is 0.385. The third kappa shape index (κ3) is 4.11. The van der Waals surface area contributed by atoms with Gasteiger partial charge in [-0.25, -0.2) is 9.37 Å². The lowest BCUT2D eigenvalue weighted by Crippen LogP contribution is -2.56. The first-order chi connectivity index (χ1) is 17.4. The molecule has 3 heterocycles. The first kappa shape index (κ1) is 23.6. The summed E-state index contributed by atoms with van der Waals surface area (Å²) < 4.78 is 25.7. The molecule has 0 radical (unpaired) electrons. The molecule has 5 rings (SSSR count).